The van der Waals surface area contributed by atoms with Gasteiger partial charge in [0, 0.05) is 50.2 Å². The Morgan fingerprint density at radius 3 is 3.00 bits per heavy atom. The zero-order valence-corrected chi connectivity index (χ0v) is 10.6. The van der Waals surface area contributed by atoms with Crippen molar-refractivity contribution in [1.82, 2.24) is 24.9 Å². The molecule has 2 aromatic rings. The molecule has 2 N–H and O–H groups in total. The quantitative estimate of drug-likeness (QED) is 0.675. The average molecular weight is 249 g/mol. The Hall–Kier alpha value is -1.66. The third-order valence-corrected chi connectivity index (χ3v) is 2.83. The molecule has 0 fully saturated rings. The maximum Gasteiger partial charge on any atom is 0.0640 e. The van der Waals surface area contributed by atoms with E-state index in [9.17, 15) is 0 Å². The Labute approximate surface area is 106 Å². The van der Waals surface area contributed by atoms with Gasteiger partial charge in [-0.25, -0.2) is 0 Å². The van der Waals surface area contributed by atoms with Crippen LogP contribution in [0, 0.1) is 0 Å². The Kier molecular flexibility index (Phi) is 4.49. The molecule has 0 amide bonds. The topological polar surface area (TPSA) is 67.9 Å². The Morgan fingerprint density at radius 1 is 1.39 bits per heavy atom. The largest absolute Gasteiger partial charge is 0.394 e. The minimum Gasteiger partial charge on any atom is -0.394 e. The van der Waals surface area contributed by atoms with Gasteiger partial charge in [0.05, 0.1) is 19.3 Å². The fourth-order valence-electron chi connectivity index (χ4n) is 1.82. The van der Waals surface area contributed by atoms with E-state index in [-0.39, 0.29) is 6.61 Å². The highest BCUT2D eigenvalue weighted by molar-refractivity contribution is 5.04. The van der Waals surface area contributed by atoms with Crippen molar-refractivity contribution in [2.24, 2.45) is 7.05 Å². The van der Waals surface area contributed by atoms with Gasteiger partial charge in [-0.2, -0.15) is 10.2 Å². The van der Waals surface area contributed by atoms with E-state index in [4.69, 9.17) is 5.11 Å². The van der Waals surface area contributed by atoms with E-state index in [1.54, 1.807) is 4.68 Å². The van der Waals surface area contributed by atoms with Crippen LogP contribution in [-0.2, 0) is 26.6 Å². The highest BCUT2D eigenvalue weighted by Gasteiger charge is 2.00. The van der Waals surface area contributed by atoms with E-state index in [1.807, 2.05) is 36.4 Å². The summed E-state index contributed by atoms with van der Waals surface area (Å²) in [5.41, 5.74) is 2.35. The fraction of sp³-hybridized carbons (Fsp3) is 0.500. The molecule has 0 aromatic carbocycles. The van der Waals surface area contributed by atoms with Crippen molar-refractivity contribution in [2.45, 2.75) is 19.5 Å². The van der Waals surface area contributed by atoms with Crippen LogP contribution in [0.4, 0.5) is 0 Å². The van der Waals surface area contributed by atoms with Crippen molar-refractivity contribution in [3.05, 3.63) is 35.9 Å². The highest BCUT2D eigenvalue weighted by atomic mass is 16.3. The molecule has 0 spiro atoms. The molecule has 2 heterocycles. The number of rotatable bonds is 7. The first-order valence-electron chi connectivity index (χ1n) is 6.09. The zero-order valence-electron chi connectivity index (χ0n) is 10.6. The predicted molar refractivity (Wildman–Crippen MR) is 67.9 cm³/mol. The third kappa shape index (κ3) is 3.41. The summed E-state index contributed by atoms with van der Waals surface area (Å²) in [5, 5.41) is 20.4. The van der Waals surface area contributed by atoms with E-state index in [1.165, 1.54) is 5.69 Å². The monoisotopic (exact) mass is 249 g/mol. The fourth-order valence-corrected chi connectivity index (χ4v) is 1.82. The maximum absolute atomic E-state index is 8.79. The molecule has 6 heteroatoms. The van der Waals surface area contributed by atoms with Gasteiger partial charge in [-0.15, -0.1) is 0 Å². The molecule has 0 aliphatic heterocycles. The molecular formula is C12H19N5O. The van der Waals surface area contributed by atoms with Crippen molar-refractivity contribution < 1.29 is 5.11 Å². The highest BCUT2D eigenvalue weighted by Crippen LogP contribution is 1.99. The first-order chi connectivity index (χ1) is 8.79. The summed E-state index contributed by atoms with van der Waals surface area (Å²) in [4.78, 5) is 0. The molecule has 0 unspecified atom stereocenters. The molecule has 0 aliphatic carbocycles. The molecule has 2 aromatic heterocycles. The summed E-state index contributed by atoms with van der Waals surface area (Å²) in [6.07, 6.45) is 6.55. The molecule has 0 radical (unpaired) electrons. The second kappa shape index (κ2) is 6.32. The first-order valence-corrected chi connectivity index (χ1v) is 6.09. The lowest BCUT2D eigenvalue weighted by Gasteiger charge is -2.03. The van der Waals surface area contributed by atoms with Gasteiger partial charge in [-0.1, -0.05) is 0 Å². The van der Waals surface area contributed by atoms with Gasteiger partial charge in [-0.3, -0.25) is 9.36 Å². The van der Waals surface area contributed by atoms with E-state index in [0.29, 0.717) is 6.54 Å². The van der Waals surface area contributed by atoms with E-state index < -0.39 is 0 Å². The number of aromatic nitrogens is 4. The molecule has 0 bridgehead atoms. The van der Waals surface area contributed by atoms with E-state index >= 15 is 0 Å². The van der Waals surface area contributed by atoms with Crippen LogP contribution in [-0.4, -0.2) is 37.8 Å². The summed E-state index contributed by atoms with van der Waals surface area (Å²) in [6.45, 7) is 2.37. The minimum atomic E-state index is 0.120. The second-order valence-corrected chi connectivity index (χ2v) is 4.21. The third-order valence-electron chi connectivity index (χ3n) is 2.83. The second-order valence-electron chi connectivity index (χ2n) is 4.21. The molecule has 0 saturated carbocycles. The van der Waals surface area contributed by atoms with E-state index in [2.05, 4.69) is 15.5 Å². The van der Waals surface area contributed by atoms with Crippen LogP contribution in [0.25, 0.3) is 0 Å². The van der Waals surface area contributed by atoms with Crippen LogP contribution in [0.3, 0.4) is 0 Å². The number of hydrogen-bond acceptors (Lipinski definition) is 4. The van der Waals surface area contributed by atoms with Gasteiger partial charge in [0.2, 0.25) is 0 Å². The smallest absolute Gasteiger partial charge is 0.0640 e. The van der Waals surface area contributed by atoms with Crippen molar-refractivity contribution in [1.29, 1.82) is 0 Å². The Bertz CT molecular complexity index is 476. The summed E-state index contributed by atoms with van der Waals surface area (Å²) in [6, 6.07) is 2.03. The molecule has 6 nitrogen and oxygen atoms in total. The molecule has 0 aliphatic rings. The van der Waals surface area contributed by atoms with Crippen molar-refractivity contribution in [3.8, 4) is 0 Å². The number of aryl methyl sites for hydroxylation is 1. The van der Waals surface area contributed by atoms with Crippen LogP contribution in [0.5, 0.6) is 0 Å². The van der Waals surface area contributed by atoms with Gasteiger partial charge < -0.3 is 10.4 Å². The number of aliphatic hydroxyl groups excluding tert-OH is 1. The summed E-state index contributed by atoms with van der Waals surface area (Å²) in [7, 11) is 1.95. The molecule has 2 rings (SSSR count). The van der Waals surface area contributed by atoms with Crippen LogP contribution in [0.2, 0.25) is 0 Å². The van der Waals surface area contributed by atoms with Crippen LogP contribution >= 0.6 is 0 Å². The lowest BCUT2D eigenvalue weighted by atomic mass is 10.3. The van der Waals surface area contributed by atoms with Crippen molar-refractivity contribution in [3.63, 3.8) is 0 Å². The molecular weight excluding hydrogens is 230 g/mol. The summed E-state index contributed by atoms with van der Waals surface area (Å²) in [5.74, 6) is 0. The number of aliphatic hydroxyl groups is 1. The van der Waals surface area contributed by atoms with Gasteiger partial charge in [0.15, 0.2) is 0 Å². The standard InChI is InChI=1S/C12H19N5O/c1-16-12(3-5-14-16)2-4-13-8-11-9-15-17(10-11)6-7-18/h3,5,9-10,13,18H,2,4,6-8H2,1H3. The van der Waals surface area contributed by atoms with Crippen LogP contribution in [0.1, 0.15) is 11.3 Å². The minimum absolute atomic E-state index is 0.120. The van der Waals surface area contributed by atoms with Gasteiger partial charge in [-0.05, 0) is 6.07 Å². The van der Waals surface area contributed by atoms with Gasteiger partial charge in [0.25, 0.3) is 0 Å². The summed E-state index contributed by atoms with van der Waals surface area (Å²) < 4.78 is 3.64. The number of nitrogens with zero attached hydrogens (tertiary/aromatic N) is 4. The van der Waals surface area contributed by atoms with E-state index in [0.717, 1.165) is 25.1 Å². The zero-order chi connectivity index (χ0) is 12.8. The van der Waals surface area contributed by atoms with Crippen molar-refractivity contribution >= 4 is 0 Å². The lowest BCUT2D eigenvalue weighted by Crippen LogP contribution is -2.17. The molecule has 0 atom stereocenters. The van der Waals surface area contributed by atoms with Crippen molar-refractivity contribution in [2.75, 3.05) is 13.2 Å². The normalized spacial score (nSPS) is 11.0. The SMILES string of the molecule is Cn1nccc1CCNCc1cnn(CCO)c1. The predicted octanol–water partition coefficient (Wildman–Crippen LogP) is -0.0588. The Morgan fingerprint density at radius 2 is 2.28 bits per heavy atom. The first kappa shape index (κ1) is 12.8. The Balaban J connectivity index is 1.70. The lowest BCUT2D eigenvalue weighted by molar-refractivity contribution is 0.269. The van der Waals surface area contributed by atoms with Gasteiger partial charge >= 0.3 is 0 Å². The summed E-state index contributed by atoms with van der Waals surface area (Å²) >= 11 is 0. The average Bonchev–Trinajstić information content (AvgIpc) is 2.95. The molecule has 0 saturated heterocycles. The number of nitrogens with one attached hydrogen (secondary N) is 1. The van der Waals surface area contributed by atoms with Crippen LogP contribution in [0.15, 0.2) is 24.7 Å². The number of hydrogen-bond donors (Lipinski definition) is 2. The van der Waals surface area contributed by atoms with Gasteiger partial charge in [0.1, 0.15) is 0 Å². The molecule has 98 valence electrons. The maximum atomic E-state index is 8.79. The van der Waals surface area contributed by atoms with Crippen LogP contribution < -0.4 is 5.32 Å². The molecule has 18 heavy (non-hydrogen) atoms.